The Kier molecular flexibility index (Phi) is 5.07. The van der Waals surface area contributed by atoms with Gasteiger partial charge in [-0.15, -0.1) is 0 Å². The first-order chi connectivity index (χ1) is 7.88. The first-order valence-electron chi connectivity index (χ1n) is 6.89. The molecule has 2 aliphatic rings. The Morgan fingerprint density at radius 1 is 1.19 bits per heavy atom. The van der Waals surface area contributed by atoms with Crippen LogP contribution < -0.4 is 5.32 Å². The van der Waals surface area contributed by atoms with Gasteiger partial charge < -0.3 is 15.0 Å². The monoisotopic (exact) mass is 226 g/mol. The van der Waals surface area contributed by atoms with Crippen molar-refractivity contribution in [2.24, 2.45) is 11.8 Å². The first-order valence-corrected chi connectivity index (χ1v) is 6.89. The molecule has 0 spiro atoms. The predicted molar refractivity (Wildman–Crippen MR) is 66.6 cm³/mol. The van der Waals surface area contributed by atoms with Crippen LogP contribution in [0.25, 0.3) is 0 Å². The largest absolute Gasteiger partial charge is 0.381 e. The van der Waals surface area contributed by atoms with Crippen LogP contribution in [0.4, 0.5) is 0 Å². The summed E-state index contributed by atoms with van der Waals surface area (Å²) in [6.45, 7) is 10.4. The maximum atomic E-state index is 5.44. The molecule has 2 rings (SSSR count). The van der Waals surface area contributed by atoms with Crippen LogP contribution in [0.2, 0.25) is 0 Å². The summed E-state index contributed by atoms with van der Waals surface area (Å²) in [6.07, 6.45) is 4.03. The molecule has 0 amide bonds. The summed E-state index contributed by atoms with van der Waals surface area (Å²) in [5, 5.41) is 3.47. The summed E-state index contributed by atoms with van der Waals surface area (Å²) in [5.74, 6) is 1.72. The first kappa shape index (κ1) is 12.3. The minimum absolute atomic E-state index is 0.810. The number of hydrogen-bond acceptors (Lipinski definition) is 3. The van der Waals surface area contributed by atoms with Gasteiger partial charge in [-0.25, -0.2) is 0 Å². The summed E-state index contributed by atoms with van der Waals surface area (Å²) in [7, 11) is 0. The van der Waals surface area contributed by atoms with E-state index in [0.717, 1.165) is 31.6 Å². The molecule has 0 aromatic rings. The third-order valence-corrected chi connectivity index (χ3v) is 3.93. The van der Waals surface area contributed by atoms with Crippen LogP contribution in [0, 0.1) is 11.8 Å². The highest BCUT2D eigenvalue weighted by Crippen LogP contribution is 2.20. The highest BCUT2D eigenvalue weighted by Gasteiger charge is 2.23. The zero-order valence-corrected chi connectivity index (χ0v) is 10.6. The lowest BCUT2D eigenvalue weighted by molar-refractivity contribution is 0.140. The summed E-state index contributed by atoms with van der Waals surface area (Å²) in [5.41, 5.74) is 0. The lowest BCUT2D eigenvalue weighted by atomic mass is 9.95. The predicted octanol–water partition coefficient (Wildman–Crippen LogP) is 1.34. The van der Waals surface area contributed by atoms with Gasteiger partial charge in [-0.2, -0.15) is 0 Å². The quantitative estimate of drug-likeness (QED) is 0.766. The van der Waals surface area contributed by atoms with Crippen molar-refractivity contribution < 1.29 is 4.74 Å². The zero-order valence-electron chi connectivity index (χ0n) is 10.6. The highest BCUT2D eigenvalue weighted by atomic mass is 16.5. The number of likely N-dealkylation sites (tertiary alicyclic amines) is 1. The fourth-order valence-corrected chi connectivity index (χ4v) is 2.81. The number of hydrogen-bond donors (Lipinski definition) is 1. The third kappa shape index (κ3) is 3.72. The molecule has 1 N–H and O–H groups in total. The lowest BCUT2D eigenvalue weighted by Crippen LogP contribution is -2.39. The van der Waals surface area contributed by atoms with E-state index in [1.165, 1.54) is 45.4 Å². The average Bonchev–Trinajstić information content (AvgIpc) is 2.81. The van der Waals surface area contributed by atoms with E-state index in [0.29, 0.717) is 0 Å². The van der Waals surface area contributed by atoms with Crippen LogP contribution >= 0.6 is 0 Å². The SMILES string of the molecule is CCNCC1CCN(CC2CCOC2)CC1. The van der Waals surface area contributed by atoms with Crippen LogP contribution in [0.1, 0.15) is 26.2 Å². The third-order valence-electron chi connectivity index (χ3n) is 3.93. The van der Waals surface area contributed by atoms with Gasteiger partial charge in [0, 0.05) is 13.2 Å². The molecular formula is C13H26N2O. The number of nitrogens with one attached hydrogen (secondary N) is 1. The van der Waals surface area contributed by atoms with Crippen molar-refractivity contribution in [3.8, 4) is 0 Å². The normalized spacial score (nSPS) is 28.7. The molecular weight excluding hydrogens is 200 g/mol. The van der Waals surface area contributed by atoms with Gasteiger partial charge in [0.15, 0.2) is 0 Å². The Morgan fingerprint density at radius 3 is 2.62 bits per heavy atom. The smallest absolute Gasteiger partial charge is 0.0507 e. The van der Waals surface area contributed by atoms with Gasteiger partial charge in [0.1, 0.15) is 0 Å². The molecule has 2 fully saturated rings. The molecule has 2 aliphatic heterocycles. The molecule has 0 saturated carbocycles. The molecule has 3 heteroatoms. The van der Waals surface area contributed by atoms with E-state index in [-0.39, 0.29) is 0 Å². The molecule has 0 radical (unpaired) electrons. The Labute approximate surface area is 99.5 Å². The molecule has 2 heterocycles. The van der Waals surface area contributed by atoms with Crippen molar-refractivity contribution in [2.75, 3.05) is 45.9 Å². The van der Waals surface area contributed by atoms with Gasteiger partial charge in [0.2, 0.25) is 0 Å². The van der Waals surface area contributed by atoms with Crippen molar-refractivity contribution >= 4 is 0 Å². The molecule has 1 atom stereocenters. The molecule has 1 unspecified atom stereocenters. The van der Waals surface area contributed by atoms with Crippen LogP contribution in [0.3, 0.4) is 0 Å². The van der Waals surface area contributed by atoms with Gasteiger partial charge in [0.05, 0.1) is 6.61 Å². The highest BCUT2D eigenvalue weighted by molar-refractivity contribution is 4.76. The molecule has 0 bridgehead atoms. The zero-order chi connectivity index (χ0) is 11.2. The molecule has 0 aromatic heterocycles. The fourth-order valence-electron chi connectivity index (χ4n) is 2.81. The van der Waals surface area contributed by atoms with Crippen molar-refractivity contribution in [3.05, 3.63) is 0 Å². The van der Waals surface area contributed by atoms with E-state index in [9.17, 15) is 0 Å². The van der Waals surface area contributed by atoms with E-state index in [4.69, 9.17) is 4.74 Å². The van der Waals surface area contributed by atoms with Crippen LogP contribution in [0.5, 0.6) is 0 Å². The minimum Gasteiger partial charge on any atom is -0.381 e. The second kappa shape index (κ2) is 6.58. The second-order valence-corrected chi connectivity index (χ2v) is 5.28. The Balaban J connectivity index is 1.60. The van der Waals surface area contributed by atoms with E-state index < -0.39 is 0 Å². The Hall–Kier alpha value is -0.120. The maximum absolute atomic E-state index is 5.44. The second-order valence-electron chi connectivity index (χ2n) is 5.28. The van der Waals surface area contributed by atoms with Crippen molar-refractivity contribution in [3.63, 3.8) is 0 Å². The van der Waals surface area contributed by atoms with Crippen LogP contribution in [-0.4, -0.2) is 50.8 Å². The summed E-state index contributed by atoms with van der Waals surface area (Å²) >= 11 is 0. The van der Waals surface area contributed by atoms with E-state index in [2.05, 4.69) is 17.1 Å². The summed E-state index contributed by atoms with van der Waals surface area (Å²) < 4.78 is 5.44. The standard InChI is InChI=1S/C13H26N2O/c1-2-14-9-12-3-6-15(7-4-12)10-13-5-8-16-11-13/h12-14H,2-11H2,1H3. The lowest BCUT2D eigenvalue weighted by Gasteiger charge is -2.33. The molecule has 16 heavy (non-hydrogen) atoms. The van der Waals surface area contributed by atoms with Crippen LogP contribution in [-0.2, 0) is 4.74 Å². The number of piperidine rings is 1. The van der Waals surface area contributed by atoms with E-state index in [1.807, 2.05) is 0 Å². The van der Waals surface area contributed by atoms with Gasteiger partial charge in [-0.3, -0.25) is 0 Å². The molecule has 2 saturated heterocycles. The Bertz CT molecular complexity index is 184. The number of rotatable bonds is 5. The summed E-state index contributed by atoms with van der Waals surface area (Å²) in [4.78, 5) is 2.64. The molecule has 3 nitrogen and oxygen atoms in total. The molecule has 0 aliphatic carbocycles. The minimum atomic E-state index is 0.810. The van der Waals surface area contributed by atoms with Crippen molar-refractivity contribution in [1.29, 1.82) is 0 Å². The Morgan fingerprint density at radius 2 is 2.00 bits per heavy atom. The number of nitrogens with zero attached hydrogens (tertiary/aromatic N) is 1. The van der Waals surface area contributed by atoms with Gasteiger partial charge >= 0.3 is 0 Å². The van der Waals surface area contributed by atoms with Gasteiger partial charge in [-0.05, 0) is 57.3 Å². The molecule has 0 aromatic carbocycles. The maximum Gasteiger partial charge on any atom is 0.0507 e. The number of ether oxygens (including phenoxy) is 1. The van der Waals surface area contributed by atoms with Crippen molar-refractivity contribution in [1.82, 2.24) is 10.2 Å². The fraction of sp³-hybridized carbons (Fsp3) is 1.00. The summed E-state index contributed by atoms with van der Waals surface area (Å²) in [6, 6.07) is 0. The van der Waals surface area contributed by atoms with Crippen molar-refractivity contribution in [2.45, 2.75) is 26.2 Å². The molecule has 94 valence electrons. The van der Waals surface area contributed by atoms with Gasteiger partial charge in [-0.1, -0.05) is 6.92 Å². The topological polar surface area (TPSA) is 24.5 Å². The van der Waals surface area contributed by atoms with Gasteiger partial charge in [0.25, 0.3) is 0 Å². The van der Waals surface area contributed by atoms with E-state index in [1.54, 1.807) is 0 Å². The average molecular weight is 226 g/mol. The van der Waals surface area contributed by atoms with Crippen LogP contribution in [0.15, 0.2) is 0 Å². The van der Waals surface area contributed by atoms with E-state index >= 15 is 0 Å².